The molecule has 0 amide bonds. The van der Waals surface area contributed by atoms with E-state index in [1.54, 1.807) is 7.11 Å². The maximum atomic E-state index is 6.09. The number of ether oxygens (including phenoxy) is 2. The zero-order valence-electron chi connectivity index (χ0n) is 14.6. The fourth-order valence-electron chi connectivity index (χ4n) is 4.12. The van der Waals surface area contributed by atoms with Crippen molar-refractivity contribution >= 4 is 5.69 Å². The van der Waals surface area contributed by atoms with Crippen LogP contribution in [-0.2, 0) is 12.8 Å². The summed E-state index contributed by atoms with van der Waals surface area (Å²) in [4.78, 5) is 2.42. The van der Waals surface area contributed by atoms with E-state index in [9.17, 15) is 0 Å². The maximum Gasteiger partial charge on any atom is 0.170 e. The summed E-state index contributed by atoms with van der Waals surface area (Å²) >= 11 is 0. The first kappa shape index (κ1) is 15.9. The molecule has 1 unspecified atom stereocenters. The van der Waals surface area contributed by atoms with Crippen LogP contribution in [0.2, 0.25) is 0 Å². The lowest BCUT2D eigenvalue weighted by Gasteiger charge is -2.40. The van der Waals surface area contributed by atoms with E-state index in [0.717, 1.165) is 47.7 Å². The van der Waals surface area contributed by atoms with E-state index in [2.05, 4.69) is 30.0 Å². The van der Waals surface area contributed by atoms with Gasteiger partial charge in [-0.3, -0.25) is 4.90 Å². The zero-order valence-corrected chi connectivity index (χ0v) is 14.6. The maximum absolute atomic E-state index is 6.09. The first-order chi connectivity index (χ1) is 12.1. The molecule has 128 valence electrons. The molecule has 1 aliphatic heterocycles. The fraction of sp³-hybridized carbons (Fsp3) is 0.333. The highest BCUT2D eigenvalue weighted by molar-refractivity contribution is 5.85. The van der Waals surface area contributed by atoms with Crippen molar-refractivity contribution in [3.8, 4) is 35.0 Å². The molecule has 1 aliphatic carbocycles. The van der Waals surface area contributed by atoms with E-state index < -0.39 is 0 Å². The van der Waals surface area contributed by atoms with Crippen LogP contribution in [0.3, 0.4) is 0 Å². The van der Waals surface area contributed by atoms with Crippen molar-refractivity contribution in [1.29, 1.82) is 0 Å². The van der Waals surface area contributed by atoms with Gasteiger partial charge in [0, 0.05) is 23.8 Å². The van der Waals surface area contributed by atoms with Gasteiger partial charge in [0.15, 0.2) is 11.5 Å². The SMILES string of the molecule is C#CCOc1c(OC)cc2c3c1-c1cc(N)ccc1CC3N(C)CC2. The molecule has 2 aromatic rings. The minimum absolute atomic E-state index is 0.209. The summed E-state index contributed by atoms with van der Waals surface area (Å²) in [5, 5.41) is 0. The number of nitrogens with two attached hydrogens (primary N) is 1. The number of hydrogen-bond acceptors (Lipinski definition) is 4. The highest BCUT2D eigenvalue weighted by Crippen LogP contribution is 2.52. The standard InChI is InChI=1S/C21H22N2O2/c1-4-9-25-21-18(24-3)11-14-7-8-23(2)17-10-13-5-6-15(22)12-16(13)20(21)19(14)17/h1,5-6,11-12,17H,7-10,22H2,2-3H3. The van der Waals surface area contributed by atoms with Gasteiger partial charge >= 0.3 is 0 Å². The predicted molar refractivity (Wildman–Crippen MR) is 99.9 cm³/mol. The highest BCUT2D eigenvalue weighted by atomic mass is 16.5. The van der Waals surface area contributed by atoms with Gasteiger partial charge in [0.25, 0.3) is 0 Å². The molecule has 2 aliphatic rings. The number of nitrogens with zero attached hydrogens (tertiary/aromatic N) is 1. The van der Waals surface area contributed by atoms with Crippen LogP contribution in [0.4, 0.5) is 5.69 Å². The number of nitrogen functional groups attached to an aromatic ring is 1. The Balaban J connectivity index is 2.05. The Bertz CT molecular complexity index is 882. The Morgan fingerprint density at radius 2 is 2.16 bits per heavy atom. The van der Waals surface area contributed by atoms with E-state index in [-0.39, 0.29) is 6.61 Å². The Labute approximate surface area is 148 Å². The Hall–Kier alpha value is -2.64. The summed E-state index contributed by atoms with van der Waals surface area (Å²) in [5.41, 5.74) is 13.0. The number of anilines is 1. The minimum atomic E-state index is 0.209. The molecule has 4 heteroatoms. The summed E-state index contributed by atoms with van der Waals surface area (Å²) in [5.74, 6) is 4.03. The van der Waals surface area contributed by atoms with Crippen LogP contribution in [0.1, 0.15) is 22.7 Å². The molecule has 4 nitrogen and oxygen atoms in total. The van der Waals surface area contributed by atoms with Gasteiger partial charge in [-0.25, -0.2) is 0 Å². The van der Waals surface area contributed by atoms with Crippen LogP contribution < -0.4 is 15.2 Å². The van der Waals surface area contributed by atoms with Gasteiger partial charge in [0.05, 0.1) is 7.11 Å². The van der Waals surface area contributed by atoms with Gasteiger partial charge < -0.3 is 15.2 Å². The highest BCUT2D eigenvalue weighted by Gasteiger charge is 2.36. The molecular formula is C21H22N2O2. The van der Waals surface area contributed by atoms with Crippen molar-refractivity contribution in [2.75, 3.05) is 33.0 Å². The monoisotopic (exact) mass is 334 g/mol. The number of terminal acetylenes is 1. The molecule has 2 aromatic carbocycles. The van der Waals surface area contributed by atoms with Crippen LogP contribution in [0.5, 0.6) is 11.5 Å². The third-order valence-electron chi connectivity index (χ3n) is 5.31. The van der Waals surface area contributed by atoms with Crippen molar-refractivity contribution in [3.05, 3.63) is 41.0 Å². The van der Waals surface area contributed by atoms with Gasteiger partial charge in [0.1, 0.15) is 6.61 Å². The Kier molecular flexibility index (Phi) is 3.82. The van der Waals surface area contributed by atoms with E-state index in [0.29, 0.717) is 6.04 Å². The Morgan fingerprint density at radius 3 is 2.92 bits per heavy atom. The first-order valence-electron chi connectivity index (χ1n) is 8.53. The lowest BCUT2D eigenvalue weighted by Crippen LogP contribution is -2.35. The molecule has 0 bridgehead atoms. The van der Waals surface area contributed by atoms with Crippen LogP contribution in [0.15, 0.2) is 24.3 Å². The van der Waals surface area contributed by atoms with Crippen molar-refractivity contribution in [1.82, 2.24) is 4.90 Å². The summed E-state index contributed by atoms with van der Waals surface area (Å²) in [7, 11) is 3.86. The third-order valence-corrected chi connectivity index (χ3v) is 5.31. The first-order valence-corrected chi connectivity index (χ1v) is 8.53. The smallest absolute Gasteiger partial charge is 0.170 e. The summed E-state index contributed by atoms with van der Waals surface area (Å²) < 4.78 is 11.6. The summed E-state index contributed by atoms with van der Waals surface area (Å²) in [6, 6.07) is 8.59. The fourth-order valence-corrected chi connectivity index (χ4v) is 4.12. The van der Waals surface area contributed by atoms with Gasteiger partial charge in [-0.15, -0.1) is 6.42 Å². The molecule has 0 radical (unpaired) electrons. The number of hydrogen-bond donors (Lipinski definition) is 1. The number of rotatable bonds is 3. The van der Waals surface area contributed by atoms with Crippen LogP contribution >= 0.6 is 0 Å². The van der Waals surface area contributed by atoms with Crippen molar-refractivity contribution in [2.24, 2.45) is 0 Å². The molecule has 0 fully saturated rings. The summed E-state index contributed by atoms with van der Waals surface area (Å²) in [6.07, 6.45) is 7.41. The van der Waals surface area contributed by atoms with E-state index in [1.807, 2.05) is 12.1 Å². The molecular weight excluding hydrogens is 312 g/mol. The van der Waals surface area contributed by atoms with Crippen LogP contribution in [-0.4, -0.2) is 32.2 Å². The largest absolute Gasteiger partial charge is 0.493 e. The topological polar surface area (TPSA) is 47.7 Å². The van der Waals surface area contributed by atoms with Crippen LogP contribution in [0.25, 0.3) is 11.1 Å². The molecule has 2 N–H and O–H groups in total. The van der Waals surface area contributed by atoms with Gasteiger partial charge in [-0.2, -0.15) is 0 Å². The molecule has 4 rings (SSSR count). The van der Waals surface area contributed by atoms with E-state index in [1.165, 1.54) is 16.7 Å². The average molecular weight is 334 g/mol. The lowest BCUT2D eigenvalue weighted by atomic mass is 9.76. The number of benzene rings is 2. The van der Waals surface area contributed by atoms with Gasteiger partial charge in [0.2, 0.25) is 0 Å². The zero-order chi connectivity index (χ0) is 17.6. The molecule has 0 spiro atoms. The van der Waals surface area contributed by atoms with Crippen molar-refractivity contribution in [2.45, 2.75) is 18.9 Å². The van der Waals surface area contributed by atoms with Crippen molar-refractivity contribution in [3.63, 3.8) is 0 Å². The molecule has 0 aromatic heterocycles. The van der Waals surface area contributed by atoms with Gasteiger partial charge in [-0.05, 0) is 60.3 Å². The Morgan fingerprint density at radius 1 is 1.32 bits per heavy atom. The number of likely N-dealkylation sites (N-methyl/N-ethyl adjacent to an activating group) is 1. The molecule has 0 saturated heterocycles. The van der Waals surface area contributed by atoms with E-state index >= 15 is 0 Å². The molecule has 1 heterocycles. The second kappa shape index (κ2) is 6.02. The summed E-state index contributed by atoms with van der Waals surface area (Å²) in [6.45, 7) is 1.25. The second-order valence-corrected chi connectivity index (χ2v) is 6.72. The van der Waals surface area contributed by atoms with Crippen molar-refractivity contribution < 1.29 is 9.47 Å². The normalized spacial score (nSPS) is 18.0. The quantitative estimate of drug-likeness (QED) is 0.692. The van der Waals surface area contributed by atoms with Crippen LogP contribution in [0, 0.1) is 12.3 Å². The van der Waals surface area contributed by atoms with E-state index in [4.69, 9.17) is 21.6 Å². The third kappa shape index (κ3) is 2.43. The van der Waals surface area contributed by atoms with Gasteiger partial charge in [-0.1, -0.05) is 12.0 Å². The number of methoxy groups -OCH3 is 1. The minimum Gasteiger partial charge on any atom is -0.493 e. The number of fused-ring (bicyclic) bond motifs is 2. The second-order valence-electron chi connectivity index (χ2n) is 6.72. The predicted octanol–water partition coefficient (Wildman–Crippen LogP) is 3.04. The molecule has 0 saturated carbocycles. The lowest BCUT2D eigenvalue weighted by molar-refractivity contribution is 0.226. The molecule has 25 heavy (non-hydrogen) atoms. The molecule has 1 atom stereocenters. The average Bonchev–Trinajstić information content (AvgIpc) is 2.62.